The second-order valence-corrected chi connectivity index (χ2v) is 3.84. The minimum Gasteiger partial charge on any atom is -0.382 e. The number of rotatable bonds is 2. The zero-order chi connectivity index (χ0) is 11.0. The maximum atomic E-state index is 5.85. The summed E-state index contributed by atoms with van der Waals surface area (Å²) in [6.45, 7) is 7.17. The quantitative estimate of drug-likeness (QED) is 0.814. The molecule has 2 rings (SSSR count). The number of anilines is 1. The van der Waals surface area contributed by atoms with Crippen LogP contribution in [0.25, 0.3) is 11.0 Å². The molecule has 4 nitrogen and oxygen atoms in total. The zero-order valence-corrected chi connectivity index (χ0v) is 9.41. The molecule has 80 valence electrons. The first-order valence-electron chi connectivity index (χ1n) is 5.22. The predicted molar refractivity (Wildman–Crippen MR) is 61.7 cm³/mol. The van der Waals surface area contributed by atoms with E-state index in [-0.39, 0.29) is 0 Å². The van der Waals surface area contributed by atoms with Crippen LogP contribution in [-0.2, 0) is 6.54 Å². The Hall–Kier alpha value is -1.58. The van der Waals surface area contributed by atoms with Gasteiger partial charge in [0.15, 0.2) is 5.82 Å². The minimum atomic E-state index is 0.531. The van der Waals surface area contributed by atoms with Crippen molar-refractivity contribution in [1.29, 1.82) is 0 Å². The standard InChI is InChI=1S/C11H16N4/c1-4-5-15-6-13-9-10(15)7(2)8(3)14-11(9)12/h6H,4-5H2,1-3H3,(H2,12,14). The summed E-state index contributed by atoms with van der Waals surface area (Å²) in [6.07, 6.45) is 2.94. The van der Waals surface area contributed by atoms with Gasteiger partial charge in [-0.25, -0.2) is 9.97 Å². The lowest BCUT2D eigenvalue weighted by Gasteiger charge is -2.07. The van der Waals surface area contributed by atoms with Crippen molar-refractivity contribution in [2.45, 2.75) is 33.7 Å². The lowest BCUT2D eigenvalue weighted by Crippen LogP contribution is -2.01. The third-order valence-electron chi connectivity index (χ3n) is 2.73. The number of nitrogen functional groups attached to an aromatic ring is 1. The first kappa shape index (κ1) is 9.96. The fourth-order valence-electron chi connectivity index (χ4n) is 1.86. The number of nitrogens with zero attached hydrogens (tertiary/aromatic N) is 3. The number of hydrogen-bond donors (Lipinski definition) is 1. The van der Waals surface area contributed by atoms with Crippen LogP contribution < -0.4 is 5.73 Å². The highest BCUT2D eigenvalue weighted by Gasteiger charge is 2.11. The van der Waals surface area contributed by atoms with E-state index in [0.717, 1.165) is 29.7 Å². The molecule has 15 heavy (non-hydrogen) atoms. The van der Waals surface area contributed by atoms with E-state index in [9.17, 15) is 0 Å². The molecule has 2 aromatic rings. The summed E-state index contributed by atoms with van der Waals surface area (Å²) in [7, 11) is 0. The van der Waals surface area contributed by atoms with Crippen molar-refractivity contribution < 1.29 is 0 Å². The molecule has 0 amide bonds. The number of imidazole rings is 1. The van der Waals surface area contributed by atoms with E-state index in [1.54, 1.807) is 0 Å². The van der Waals surface area contributed by atoms with Crippen LogP contribution in [-0.4, -0.2) is 14.5 Å². The van der Waals surface area contributed by atoms with E-state index in [4.69, 9.17) is 5.73 Å². The van der Waals surface area contributed by atoms with Gasteiger partial charge in [-0.1, -0.05) is 6.92 Å². The van der Waals surface area contributed by atoms with Crippen LogP contribution in [0, 0.1) is 13.8 Å². The molecule has 0 saturated carbocycles. The van der Waals surface area contributed by atoms with Crippen LogP contribution in [0.4, 0.5) is 5.82 Å². The molecule has 0 aliphatic carbocycles. The van der Waals surface area contributed by atoms with Crippen molar-refractivity contribution in [3.63, 3.8) is 0 Å². The predicted octanol–water partition coefficient (Wildman–Crippen LogP) is 2.04. The second kappa shape index (κ2) is 3.53. The highest BCUT2D eigenvalue weighted by atomic mass is 15.1. The number of pyridine rings is 1. The summed E-state index contributed by atoms with van der Waals surface area (Å²) >= 11 is 0. The molecule has 0 bridgehead atoms. The third-order valence-corrected chi connectivity index (χ3v) is 2.73. The molecule has 0 aliphatic rings. The van der Waals surface area contributed by atoms with E-state index < -0.39 is 0 Å². The van der Waals surface area contributed by atoms with Crippen molar-refractivity contribution >= 4 is 16.9 Å². The number of fused-ring (bicyclic) bond motifs is 1. The average Bonchev–Trinajstić information content (AvgIpc) is 2.60. The third kappa shape index (κ3) is 1.46. The van der Waals surface area contributed by atoms with Gasteiger partial charge in [-0.3, -0.25) is 0 Å². The van der Waals surface area contributed by atoms with Crippen LogP contribution in [0.1, 0.15) is 24.6 Å². The maximum Gasteiger partial charge on any atom is 0.151 e. The SMILES string of the molecule is CCCn1cnc2c(N)nc(C)c(C)c21. The smallest absolute Gasteiger partial charge is 0.151 e. The monoisotopic (exact) mass is 204 g/mol. The van der Waals surface area contributed by atoms with Crippen LogP contribution in [0.3, 0.4) is 0 Å². The Balaban J connectivity index is 2.77. The van der Waals surface area contributed by atoms with Gasteiger partial charge in [0.1, 0.15) is 5.52 Å². The second-order valence-electron chi connectivity index (χ2n) is 3.84. The molecule has 2 N–H and O–H groups in total. The Kier molecular flexibility index (Phi) is 2.34. The molecule has 4 heteroatoms. The zero-order valence-electron chi connectivity index (χ0n) is 9.41. The Morgan fingerprint density at radius 1 is 1.40 bits per heavy atom. The van der Waals surface area contributed by atoms with Gasteiger partial charge >= 0.3 is 0 Å². The topological polar surface area (TPSA) is 56.7 Å². The molecule has 0 unspecified atom stereocenters. The summed E-state index contributed by atoms with van der Waals surface area (Å²) in [4.78, 5) is 8.59. The van der Waals surface area contributed by atoms with Crippen LogP contribution >= 0.6 is 0 Å². The summed E-state index contributed by atoms with van der Waals surface area (Å²) in [5.41, 5.74) is 9.96. The van der Waals surface area contributed by atoms with E-state index in [2.05, 4.69) is 28.4 Å². The molecule has 0 spiro atoms. The van der Waals surface area contributed by atoms with Gasteiger partial charge in [-0.15, -0.1) is 0 Å². The van der Waals surface area contributed by atoms with E-state index in [1.165, 1.54) is 5.56 Å². The molecular formula is C11H16N4. The van der Waals surface area contributed by atoms with Gasteiger partial charge < -0.3 is 10.3 Å². The van der Waals surface area contributed by atoms with Gasteiger partial charge in [-0.2, -0.15) is 0 Å². The number of aromatic nitrogens is 3. The van der Waals surface area contributed by atoms with Crippen LogP contribution in [0.15, 0.2) is 6.33 Å². The summed E-state index contributed by atoms with van der Waals surface area (Å²) in [5, 5.41) is 0. The number of aryl methyl sites for hydroxylation is 3. The van der Waals surface area contributed by atoms with Gasteiger partial charge in [0.2, 0.25) is 0 Å². The van der Waals surface area contributed by atoms with Gasteiger partial charge in [0, 0.05) is 12.2 Å². The van der Waals surface area contributed by atoms with Gasteiger partial charge in [0.25, 0.3) is 0 Å². The van der Waals surface area contributed by atoms with Crippen molar-refractivity contribution in [2.24, 2.45) is 0 Å². The molecule has 0 aliphatic heterocycles. The maximum absolute atomic E-state index is 5.85. The fraction of sp³-hybridized carbons (Fsp3) is 0.455. The van der Waals surface area contributed by atoms with Crippen molar-refractivity contribution in [1.82, 2.24) is 14.5 Å². The van der Waals surface area contributed by atoms with Gasteiger partial charge in [-0.05, 0) is 25.8 Å². The molecule has 0 fully saturated rings. The lowest BCUT2D eigenvalue weighted by molar-refractivity contribution is 0.695. The molecule has 0 atom stereocenters. The van der Waals surface area contributed by atoms with E-state index in [0.29, 0.717) is 5.82 Å². The Bertz CT molecular complexity index is 499. The first-order valence-corrected chi connectivity index (χ1v) is 5.22. The van der Waals surface area contributed by atoms with Crippen molar-refractivity contribution in [3.8, 4) is 0 Å². The Labute approximate surface area is 89.1 Å². The van der Waals surface area contributed by atoms with Crippen LogP contribution in [0.5, 0.6) is 0 Å². The molecule has 2 heterocycles. The largest absolute Gasteiger partial charge is 0.382 e. The fourth-order valence-corrected chi connectivity index (χ4v) is 1.86. The number of nitrogens with two attached hydrogens (primary N) is 1. The van der Waals surface area contributed by atoms with E-state index in [1.807, 2.05) is 13.3 Å². The summed E-state index contributed by atoms with van der Waals surface area (Å²) in [5.74, 6) is 0.531. The first-order chi connectivity index (χ1) is 7.15. The molecular weight excluding hydrogens is 188 g/mol. The molecule has 0 radical (unpaired) electrons. The minimum absolute atomic E-state index is 0.531. The highest BCUT2D eigenvalue weighted by Crippen LogP contribution is 2.23. The Morgan fingerprint density at radius 2 is 2.13 bits per heavy atom. The molecule has 0 saturated heterocycles. The molecule has 2 aromatic heterocycles. The molecule has 0 aromatic carbocycles. The normalized spacial score (nSPS) is 11.1. The van der Waals surface area contributed by atoms with Crippen LogP contribution in [0.2, 0.25) is 0 Å². The Morgan fingerprint density at radius 3 is 2.80 bits per heavy atom. The van der Waals surface area contributed by atoms with Gasteiger partial charge in [0.05, 0.1) is 11.8 Å². The van der Waals surface area contributed by atoms with Crippen molar-refractivity contribution in [2.75, 3.05) is 5.73 Å². The lowest BCUT2D eigenvalue weighted by atomic mass is 10.2. The van der Waals surface area contributed by atoms with Crippen molar-refractivity contribution in [3.05, 3.63) is 17.6 Å². The summed E-state index contributed by atoms with van der Waals surface area (Å²) < 4.78 is 2.15. The number of hydrogen-bond acceptors (Lipinski definition) is 3. The van der Waals surface area contributed by atoms with E-state index >= 15 is 0 Å². The summed E-state index contributed by atoms with van der Waals surface area (Å²) in [6, 6.07) is 0. The highest BCUT2D eigenvalue weighted by molar-refractivity contribution is 5.87. The average molecular weight is 204 g/mol.